The van der Waals surface area contributed by atoms with Crippen LogP contribution in [0.15, 0.2) is 88.3 Å². The molecule has 1 heterocycles. The summed E-state index contributed by atoms with van der Waals surface area (Å²) in [5, 5.41) is 11.8. The number of likely N-dealkylation sites (N-methyl/N-ethyl adjacent to an activating group) is 1. The fraction of sp³-hybridized carbons (Fsp3) is 0.259. The number of amides is 1. The SMILES string of the molecule is CNC(=O)[C@]1(Cc2ccccc2Br)N=C(c2ccc(OCCCO)cc2)O[C@@H]1c1ccccc1. The van der Waals surface area contributed by atoms with Crippen molar-refractivity contribution in [3.05, 3.63) is 100 Å². The predicted octanol–water partition coefficient (Wildman–Crippen LogP) is 4.46. The Hall–Kier alpha value is -3.16. The Morgan fingerprint density at radius 3 is 2.47 bits per heavy atom. The van der Waals surface area contributed by atoms with Crippen LogP contribution in [0.1, 0.15) is 29.2 Å². The van der Waals surface area contributed by atoms with E-state index in [1.807, 2.05) is 78.9 Å². The maximum atomic E-state index is 13.5. The lowest BCUT2D eigenvalue weighted by atomic mass is 9.82. The Labute approximate surface area is 207 Å². The van der Waals surface area contributed by atoms with Crippen LogP contribution in [0.4, 0.5) is 0 Å². The lowest BCUT2D eigenvalue weighted by molar-refractivity contribution is -0.128. The zero-order valence-electron chi connectivity index (χ0n) is 18.9. The summed E-state index contributed by atoms with van der Waals surface area (Å²) in [5.74, 6) is 0.892. The molecule has 0 fully saturated rings. The third-order valence-electron chi connectivity index (χ3n) is 5.78. The number of aliphatic hydroxyl groups is 1. The molecule has 6 nitrogen and oxygen atoms in total. The number of hydrogen-bond donors (Lipinski definition) is 2. The number of ether oxygens (including phenoxy) is 2. The van der Waals surface area contributed by atoms with Gasteiger partial charge in [-0.05, 0) is 41.5 Å². The summed E-state index contributed by atoms with van der Waals surface area (Å²) in [4.78, 5) is 18.4. The van der Waals surface area contributed by atoms with Crippen molar-refractivity contribution >= 4 is 27.7 Å². The summed E-state index contributed by atoms with van der Waals surface area (Å²) in [6.45, 7) is 0.526. The molecule has 3 aromatic carbocycles. The number of rotatable bonds is 9. The largest absolute Gasteiger partial charge is 0.494 e. The van der Waals surface area contributed by atoms with Crippen molar-refractivity contribution in [1.29, 1.82) is 0 Å². The molecule has 4 rings (SSSR count). The van der Waals surface area contributed by atoms with Gasteiger partial charge in [0.15, 0.2) is 11.6 Å². The summed E-state index contributed by atoms with van der Waals surface area (Å²) < 4.78 is 13.0. The molecule has 1 aliphatic heterocycles. The van der Waals surface area contributed by atoms with Crippen molar-refractivity contribution in [3.8, 4) is 5.75 Å². The van der Waals surface area contributed by atoms with Gasteiger partial charge in [0.25, 0.3) is 5.91 Å². The van der Waals surface area contributed by atoms with E-state index in [-0.39, 0.29) is 12.5 Å². The summed E-state index contributed by atoms with van der Waals surface area (Å²) in [6.07, 6.45) is 0.329. The van der Waals surface area contributed by atoms with Gasteiger partial charge in [0.1, 0.15) is 5.75 Å². The van der Waals surface area contributed by atoms with E-state index in [1.165, 1.54) is 0 Å². The standard InChI is InChI=1S/C27H27BrN2O4/c1-29-26(32)27(18-21-10-5-6-11-23(21)28)24(19-8-3-2-4-9-19)34-25(30-27)20-12-14-22(15-13-20)33-17-7-16-31/h2-6,8-15,24,31H,7,16-18H2,1H3,(H,29,32)/t24-,27-/m1/s1. The Balaban J connectivity index is 1.75. The second-order valence-electron chi connectivity index (χ2n) is 8.05. The van der Waals surface area contributed by atoms with Crippen LogP contribution in [0, 0.1) is 0 Å². The van der Waals surface area contributed by atoms with Crippen LogP contribution < -0.4 is 10.1 Å². The first-order valence-corrected chi connectivity index (χ1v) is 12.0. The van der Waals surface area contributed by atoms with Crippen molar-refractivity contribution in [1.82, 2.24) is 5.32 Å². The maximum Gasteiger partial charge on any atom is 0.252 e. The smallest absolute Gasteiger partial charge is 0.252 e. The minimum absolute atomic E-state index is 0.0860. The quantitative estimate of drug-likeness (QED) is 0.406. The molecule has 34 heavy (non-hydrogen) atoms. The van der Waals surface area contributed by atoms with Crippen LogP contribution in [-0.2, 0) is 16.0 Å². The van der Waals surface area contributed by atoms with E-state index in [4.69, 9.17) is 19.6 Å². The minimum atomic E-state index is -1.19. The summed E-state index contributed by atoms with van der Waals surface area (Å²) >= 11 is 3.62. The molecule has 0 saturated heterocycles. The molecule has 0 aliphatic carbocycles. The molecule has 7 heteroatoms. The highest BCUT2D eigenvalue weighted by atomic mass is 79.9. The number of benzene rings is 3. The molecule has 0 spiro atoms. The first kappa shape index (κ1) is 24.0. The van der Waals surface area contributed by atoms with Gasteiger partial charge < -0.3 is 19.9 Å². The molecule has 3 aromatic rings. The van der Waals surface area contributed by atoms with Gasteiger partial charge in [-0.2, -0.15) is 0 Å². The third-order valence-corrected chi connectivity index (χ3v) is 6.55. The Morgan fingerprint density at radius 2 is 1.79 bits per heavy atom. The van der Waals surface area contributed by atoms with E-state index >= 15 is 0 Å². The van der Waals surface area contributed by atoms with E-state index < -0.39 is 11.6 Å². The lowest BCUT2D eigenvalue weighted by Gasteiger charge is -2.30. The number of carbonyl (C=O) groups is 1. The van der Waals surface area contributed by atoms with Gasteiger partial charge in [-0.25, -0.2) is 4.99 Å². The maximum absolute atomic E-state index is 13.5. The molecular formula is C27H27BrN2O4. The molecule has 0 aromatic heterocycles. The number of aliphatic hydroxyl groups excluding tert-OH is 1. The third kappa shape index (κ3) is 5.00. The summed E-state index contributed by atoms with van der Waals surface area (Å²) in [6, 6.07) is 25.0. The van der Waals surface area contributed by atoms with Crippen molar-refractivity contribution in [2.45, 2.75) is 24.5 Å². The number of aliphatic imine (C=N–C) groups is 1. The van der Waals surface area contributed by atoms with Gasteiger partial charge >= 0.3 is 0 Å². The number of nitrogens with one attached hydrogen (secondary N) is 1. The molecule has 0 saturated carbocycles. The molecule has 0 unspecified atom stereocenters. The number of carbonyl (C=O) groups excluding carboxylic acids is 1. The zero-order valence-corrected chi connectivity index (χ0v) is 20.5. The van der Waals surface area contributed by atoms with Crippen molar-refractivity contribution in [2.75, 3.05) is 20.3 Å². The van der Waals surface area contributed by atoms with Gasteiger partial charge in [0.2, 0.25) is 5.90 Å². The highest BCUT2D eigenvalue weighted by molar-refractivity contribution is 9.10. The van der Waals surface area contributed by atoms with Gasteiger partial charge in [-0.15, -0.1) is 0 Å². The normalized spacial score (nSPS) is 19.3. The van der Waals surface area contributed by atoms with E-state index in [2.05, 4.69) is 21.2 Å². The average Bonchev–Trinajstić information content (AvgIpc) is 3.26. The second kappa shape index (κ2) is 10.8. The molecule has 2 N–H and O–H groups in total. The van der Waals surface area contributed by atoms with E-state index in [1.54, 1.807) is 7.05 Å². The Kier molecular flexibility index (Phi) is 7.65. The average molecular weight is 523 g/mol. The van der Waals surface area contributed by atoms with Gasteiger partial charge in [0.05, 0.1) is 6.61 Å². The fourth-order valence-electron chi connectivity index (χ4n) is 4.06. The molecule has 1 aliphatic rings. The molecule has 0 radical (unpaired) electrons. The molecule has 0 bridgehead atoms. The highest BCUT2D eigenvalue weighted by Crippen LogP contribution is 2.43. The van der Waals surface area contributed by atoms with Crippen LogP contribution in [-0.4, -0.2) is 42.7 Å². The molecular weight excluding hydrogens is 496 g/mol. The molecule has 2 atom stereocenters. The van der Waals surface area contributed by atoms with Gasteiger partial charge in [0, 0.05) is 36.5 Å². The van der Waals surface area contributed by atoms with Crippen LogP contribution in [0.25, 0.3) is 0 Å². The van der Waals surface area contributed by atoms with E-state index in [0.717, 1.165) is 21.2 Å². The fourth-order valence-corrected chi connectivity index (χ4v) is 4.48. The lowest BCUT2D eigenvalue weighted by Crippen LogP contribution is -2.48. The van der Waals surface area contributed by atoms with Crippen LogP contribution >= 0.6 is 15.9 Å². The van der Waals surface area contributed by atoms with E-state index in [9.17, 15) is 4.79 Å². The monoisotopic (exact) mass is 522 g/mol. The number of hydrogen-bond acceptors (Lipinski definition) is 5. The number of nitrogens with zero attached hydrogens (tertiary/aromatic N) is 1. The molecule has 1 amide bonds. The van der Waals surface area contributed by atoms with E-state index in [0.29, 0.717) is 31.1 Å². The first-order chi connectivity index (χ1) is 16.6. The second-order valence-corrected chi connectivity index (χ2v) is 8.90. The summed E-state index contributed by atoms with van der Waals surface area (Å²) in [5.41, 5.74) is 1.41. The topological polar surface area (TPSA) is 80.2 Å². The van der Waals surface area contributed by atoms with Gasteiger partial charge in [-0.1, -0.05) is 64.5 Å². The zero-order chi connectivity index (χ0) is 24.0. The molecule has 176 valence electrons. The van der Waals surface area contributed by atoms with Crippen molar-refractivity contribution < 1.29 is 19.4 Å². The number of halogens is 1. The van der Waals surface area contributed by atoms with Crippen LogP contribution in [0.3, 0.4) is 0 Å². The summed E-state index contributed by atoms with van der Waals surface area (Å²) in [7, 11) is 1.62. The van der Waals surface area contributed by atoms with Crippen molar-refractivity contribution in [2.24, 2.45) is 4.99 Å². The Morgan fingerprint density at radius 1 is 1.09 bits per heavy atom. The van der Waals surface area contributed by atoms with Crippen LogP contribution in [0.5, 0.6) is 5.75 Å². The van der Waals surface area contributed by atoms with Gasteiger partial charge in [-0.3, -0.25) is 4.79 Å². The first-order valence-electron chi connectivity index (χ1n) is 11.2. The van der Waals surface area contributed by atoms with Crippen molar-refractivity contribution in [3.63, 3.8) is 0 Å². The Bertz CT molecular complexity index is 1150. The minimum Gasteiger partial charge on any atom is -0.494 e. The highest BCUT2D eigenvalue weighted by Gasteiger charge is 2.53. The van der Waals surface area contributed by atoms with Crippen LogP contribution in [0.2, 0.25) is 0 Å². The predicted molar refractivity (Wildman–Crippen MR) is 135 cm³/mol.